The van der Waals surface area contributed by atoms with Crippen molar-refractivity contribution >= 4 is 52.2 Å². The summed E-state index contributed by atoms with van der Waals surface area (Å²) in [7, 11) is 0. The van der Waals surface area contributed by atoms with E-state index in [0.717, 1.165) is 42.8 Å². The molecule has 0 radical (unpaired) electrons. The van der Waals surface area contributed by atoms with E-state index < -0.39 is 17.9 Å². The first-order chi connectivity index (χ1) is 16.8. The molecule has 0 bridgehead atoms. The smallest absolute Gasteiger partial charge is 0.273 e. The van der Waals surface area contributed by atoms with E-state index in [1.54, 1.807) is 36.4 Å². The largest absolute Gasteiger partial charge is 0.395 e. The zero-order valence-electron chi connectivity index (χ0n) is 19.2. The number of nitrogens with one attached hydrogen (secondary N) is 1. The Balaban J connectivity index is 1.86. The van der Waals surface area contributed by atoms with E-state index in [-0.39, 0.29) is 28.2 Å². The minimum atomic E-state index is -1.01. The summed E-state index contributed by atoms with van der Waals surface area (Å²) in [6, 6.07) is 13.1. The summed E-state index contributed by atoms with van der Waals surface area (Å²) >= 11 is 6.90. The van der Waals surface area contributed by atoms with E-state index >= 15 is 0 Å². The molecule has 0 saturated heterocycles. The number of hydrogen-bond donors (Lipinski definition) is 3. The third kappa shape index (κ3) is 5.16. The molecule has 8 nitrogen and oxygen atoms in total. The predicted octanol–water partition coefficient (Wildman–Crippen LogP) is 4.23. The van der Waals surface area contributed by atoms with Crippen molar-refractivity contribution < 1.29 is 14.4 Å². The third-order valence-corrected chi connectivity index (χ3v) is 7.25. The van der Waals surface area contributed by atoms with E-state index in [9.17, 15) is 14.4 Å². The quantitative estimate of drug-likeness (QED) is 0.436. The number of anilines is 2. The van der Waals surface area contributed by atoms with Crippen molar-refractivity contribution in [2.75, 3.05) is 10.6 Å². The molecule has 182 valence electrons. The van der Waals surface area contributed by atoms with Crippen LogP contribution in [0.2, 0.25) is 5.02 Å². The number of nitrogens with zero attached hydrogens (tertiary/aromatic N) is 2. The maximum atomic E-state index is 14.0. The van der Waals surface area contributed by atoms with Crippen LogP contribution in [0.25, 0.3) is 0 Å². The molecule has 3 aromatic rings. The van der Waals surface area contributed by atoms with Crippen molar-refractivity contribution in [1.29, 1.82) is 0 Å². The maximum absolute atomic E-state index is 14.0. The van der Waals surface area contributed by atoms with Gasteiger partial charge in [-0.3, -0.25) is 19.3 Å². The Labute approximate surface area is 212 Å². The van der Waals surface area contributed by atoms with Crippen LogP contribution in [0.5, 0.6) is 0 Å². The number of aryl methyl sites for hydroxylation is 1. The number of carbonyl (C=O) groups excluding carboxylic acids is 3. The first-order valence-corrected chi connectivity index (χ1v) is 12.4. The lowest BCUT2D eigenvalue weighted by atomic mass is 10.0. The summed E-state index contributed by atoms with van der Waals surface area (Å²) in [5.41, 5.74) is 13.1. The summed E-state index contributed by atoms with van der Waals surface area (Å²) in [6.45, 7) is 1.86. The fourth-order valence-electron chi connectivity index (χ4n) is 4.35. The van der Waals surface area contributed by atoms with Crippen LogP contribution in [0.4, 0.5) is 11.4 Å². The van der Waals surface area contributed by atoms with Crippen molar-refractivity contribution in [2.24, 2.45) is 5.73 Å². The van der Waals surface area contributed by atoms with Gasteiger partial charge in [0.2, 0.25) is 5.91 Å². The second kappa shape index (κ2) is 10.5. The number of aromatic nitrogens is 1. The number of amides is 3. The van der Waals surface area contributed by atoms with Crippen LogP contribution in [0.1, 0.15) is 63.0 Å². The highest BCUT2D eigenvalue weighted by Crippen LogP contribution is 2.35. The van der Waals surface area contributed by atoms with Crippen LogP contribution < -0.4 is 21.7 Å². The van der Waals surface area contributed by atoms with E-state index in [2.05, 4.69) is 9.69 Å². The Bertz CT molecular complexity index is 1250. The molecule has 1 saturated carbocycles. The lowest BCUT2D eigenvalue weighted by molar-refractivity contribution is -0.123. The molecule has 5 N–H and O–H groups in total. The Morgan fingerprint density at radius 3 is 2.37 bits per heavy atom. The van der Waals surface area contributed by atoms with Gasteiger partial charge in [-0.2, -0.15) is 4.37 Å². The number of nitrogen functional groups attached to an aromatic ring is 1. The van der Waals surface area contributed by atoms with Gasteiger partial charge < -0.3 is 16.8 Å². The second-order valence-corrected chi connectivity index (χ2v) is 9.75. The minimum absolute atomic E-state index is 0.0367. The molecule has 2 aromatic carbocycles. The molecule has 1 aliphatic rings. The van der Waals surface area contributed by atoms with Gasteiger partial charge in [0.15, 0.2) is 5.69 Å². The monoisotopic (exact) mass is 511 g/mol. The van der Waals surface area contributed by atoms with Crippen LogP contribution in [0.15, 0.2) is 48.5 Å². The number of para-hydroxylation sites is 1. The molecule has 1 aromatic heterocycles. The average molecular weight is 512 g/mol. The van der Waals surface area contributed by atoms with E-state index in [4.69, 9.17) is 23.1 Å². The Kier molecular flexibility index (Phi) is 7.37. The Hall–Kier alpha value is -3.43. The molecule has 35 heavy (non-hydrogen) atoms. The molecular formula is C25H26ClN5O3S. The SMILES string of the molecule is Cc1ccccc1N(C(=O)c1snc(C(N)=O)c1N)C(C(=O)NC1CCCC1)c1ccc(Cl)cc1. The van der Waals surface area contributed by atoms with Crippen LogP contribution in [0, 0.1) is 6.92 Å². The van der Waals surface area contributed by atoms with Crippen molar-refractivity contribution in [1.82, 2.24) is 9.69 Å². The molecule has 1 unspecified atom stereocenters. The summed E-state index contributed by atoms with van der Waals surface area (Å²) in [5, 5.41) is 3.63. The van der Waals surface area contributed by atoms with Crippen molar-refractivity contribution in [3.63, 3.8) is 0 Å². The van der Waals surface area contributed by atoms with E-state index in [1.165, 1.54) is 4.90 Å². The van der Waals surface area contributed by atoms with Gasteiger partial charge >= 0.3 is 0 Å². The number of hydrogen-bond acceptors (Lipinski definition) is 6. The van der Waals surface area contributed by atoms with Gasteiger partial charge in [-0.1, -0.05) is 54.8 Å². The van der Waals surface area contributed by atoms with Crippen LogP contribution in [-0.2, 0) is 4.79 Å². The standard InChI is InChI=1S/C25H26ClN5O3S/c1-14-6-2-5-9-18(14)31(25(34)22-19(27)20(23(28)32)30-35-22)21(15-10-12-16(26)13-11-15)24(33)29-17-7-3-4-8-17/h2,5-6,9-13,17,21H,3-4,7-8,27H2,1H3,(H2,28,32)(H,29,33). The van der Waals surface area contributed by atoms with E-state index in [0.29, 0.717) is 16.3 Å². The highest BCUT2D eigenvalue weighted by Gasteiger charge is 2.37. The zero-order valence-corrected chi connectivity index (χ0v) is 20.7. The summed E-state index contributed by atoms with van der Waals surface area (Å²) in [6.07, 6.45) is 3.87. The summed E-state index contributed by atoms with van der Waals surface area (Å²) < 4.78 is 3.98. The van der Waals surface area contributed by atoms with Crippen LogP contribution >= 0.6 is 23.1 Å². The molecule has 4 rings (SSSR count). The van der Waals surface area contributed by atoms with Gasteiger partial charge in [0.1, 0.15) is 10.9 Å². The lowest BCUT2D eigenvalue weighted by Gasteiger charge is -2.33. The number of primary amides is 1. The third-order valence-electron chi connectivity index (χ3n) is 6.14. The number of nitrogens with two attached hydrogens (primary N) is 2. The molecule has 3 amide bonds. The van der Waals surface area contributed by atoms with Crippen molar-refractivity contribution in [3.8, 4) is 0 Å². The highest BCUT2D eigenvalue weighted by molar-refractivity contribution is 7.09. The van der Waals surface area contributed by atoms with Gasteiger partial charge in [-0.05, 0) is 60.6 Å². The second-order valence-electron chi connectivity index (χ2n) is 8.54. The fourth-order valence-corrected chi connectivity index (χ4v) is 5.22. The van der Waals surface area contributed by atoms with Crippen molar-refractivity contribution in [3.05, 3.63) is 75.3 Å². The zero-order chi connectivity index (χ0) is 25.1. The van der Waals surface area contributed by atoms with Gasteiger partial charge in [-0.25, -0.2) is 0 Å². The molecule has 10 heteroatoms. The molecule has 0 aliphatic heterocycles. The molecule has 1 fully saturated rings. The molecule has 1 heterocycles. The maximum Gasteiger partial charge on any atom is 0.273 e. The van der Waals surface area contributed by atoms with Crippen LogP contribution in [0.3, 0.4) is 0 Å². The first kappa shape index (κ1) is 24.7. The van der Waals surface area contributed by atoms with Crippen LogP contribution in [-0.4, -0.2) is 28.1 Å². The molecule has 1 atom stereocenters. The summed E-state index contributed by atoms with van der Waals surface area (Å²) in [5.74, 6) is -1.69. The van der Waals surface area contributed by atoms with Gasteiger partial charge in [0, 0.05) is 16.8 Å². The van der Waals surface area contributed by atoms with Gasteiger partial charge in [0.05, 0.1) is 5.69 Å². The highest BCUT2D eigenvalue weighted by atomic mass is 35.5. The average Bonchev–Trinajstić information content (AvgIpc) is 3.48. The van der Waals surface area contributed by atoms with Crippen molar-refractivity contribution in [2.45, 2.75) is 44.7 Å². The Morgan fingerprint density at radius 1 is 1.11 bits per heavy atom. The van der Waals surface area contributed by atoms with Gasteiger partial charge in [0.25, 0.3) is 11.8 Å². The number of carbonyl (C=O) groups is 3. The first-order valence-electron chi connectivity index (χ1n) is 11.3. The fraction of sp³-hybridized carbons (Fsp3) is 0.280. The predicted molar refractivity (Wildman–Crippen MR) is 138 cm³/mol. The molecule has 1 aliphatic carbocycles. The normalized spacial score (nSPS) is 14.5. The van der Waals surface area contributed by atoms with Gasteiger partial charge in [-0.15, -0.1) is 0 Å². The lowest BCUT2D eigenvalue weighted by Crippen LogP contribution is -2.46. The van der Waals surface area contributed by atoms with E-state index in [1.807, 2.05) is 19.1 Å². The number of halogens is 1. The minimum Gasteiger partial charge on any atom is -0.395 e. The topological polar surface area (TPSA) is 131 Å². The molecule has 0 spiro atoms. The number of benzene rings is 2. The number of rotatable bonds is 7. The summed E-state index contributed by atoms with van der Waals surface area (Å²) in [4.78, 5) is 41.0. The molecular weight excluding hydrogens is 486 g/mol. The Morgan fingerprint density at radius 2 is 1.77 bits per heavy atom.